The fourth-order valence-corrected chi connectivity index (χ4v) is 4.39. The number of hydrogen-bond donors (Lipinski definition) is 4. The maximum atomic E-state index is 14.6. The standard InChI is InChI=1S/C24H29F3N4O2.C2H6/c1-15-2-5-20(19(26)10-15)30-22-17(3-4-18(25)21(22)27)23(32)31-13-24(33,14-31)12-29-11-16-6-8-28-9-7-16;1-2/h2-5,10,16,28-30,33H,6-9,11-14H2,1H3;1-2H3. The van der Waals surface area contributed by atoms with Gasteiger partial charge in [0.15, 0.2) is 11.6 Å². The van der Waals surface area contributed by atoms with Crippen molar-refractivity contribution in [2.45, 2.75) is 39.2 Å². The predicted octanol–water partition coefficient (Wildman–Crippen LogP) is 3.96. The van der Waals surface area contributed by atoms with E-state index in [-0.39, 0.29) is 24.3 Å². The third kappa shape index (κ3) is 6.54. The second-order valence-electron chi connectivity index (χ2n) is 9.10. The van der Waals surface area contributed by atoms with Crippen LogP contribution in [0.15, 0.2) is 30.3 Å². The summed E-state index contributed by atoms with van der Waals surface area (Å²) in [6.07, 6.45) is 2.17. The van der Waals surface area contributed by atoms with Crippen LogP contribution in [0, 0.1) is 30.3 Å². The van der Waals surface area contributed by atoms with E-state index in [1.54, 1.807) is 13.0 Å². The van der Waals surface area contributed by atoms with E-state index in [1.807, 2.05) is 13.8 Å². The molecule has 4 rings (SSSR count). The lowest BCUT2D eigenvalue weighted by Gasteiger charge is -2.47. The molecule has 6 nitrogen and oxygen atoms in total. The summed E-state index contributed by atoms with van der Waals surface area (Å²) in [4.78, 5) is 14.4. The van der Waals surface area contributed by atoms with Crippen LogP contribution in [0.4, 0.5) is 24.5 Å². The number of nitrogens with one attached hydrogen (secondary N) is 3. The van der Waals surface area contributed by atoms with Gasteiger partial charge in [-0.25, -0.2) is 13.2 Å². The number of aryl methyl sites for hydroxylation is 1. The SMILES string of the molecule is CC.Cc1ccc(Nc2c(C(=O)N3CC(O)(CNCC4CCNCC4)C3)ccc(F)c2F)c(F)c1. The normalized spacial score (nSPS) is 17.3. The van der Waals surface area contributed by atoms with Crippen LogP contribution in [0.25, 0.3) is 0 Å². The van der Waals surface area contributed by atoms with Gasteiger partial charge in [-0.15, -0.1) is 0 Å². The van der Waals surface area contributed by atoms with E-state index in [0.29, 0.717) is 18.0 Å². The maximum Gasteiger partial charge on any atom is 0.256 e. The van der Waals surface area contributed by atoms with Gasteiger partial charge in [0.1, 0.15) is 11.4 Å². The first kappa shape index (κ1) is 27.0. The summed E-state index contributed by atoms with van der Waals surface area (Å²) in [5.41, 5.74) is -1.03. The van der Waals surface area contributed by atoms with Crippen molar-refractivity contribution < 1.29 is 23.1 Å². The Kier molecular flexibility index (Phi) is 9.15. The molecule has 0 atom stereocenters. The van der Waals surface area contributed by atoms with E-state index >= 15 is 0 Å². The third-order valence-electron chi connectivity index (χ3n) is 6.31. The molecule has 2 aromatic rings. The summed E-state index contributed by atoms with van der Waals surface area (Å²) in [7, 11) is 0. The molecular formula is C26H35F3N4O2. The van der Waals surface area contributed by atoms with E-state index in [1.165, 1.54) is 23.1 Å². The number of carbonyl (C=O) groups is 1. The number of carbonyl (C=O) groups excluding carboxylic acids is 1. The fraction of sp³-hybridized carbons (Fsp3) is 0.500. The van der Waals surface area contributed by atoms with Gasteiger partial charge in [0.05, 0.1) is 30.0 Å². The van der Waals surface area contributed by atoms with Crippen molar-refractivity contribution in [2.24, 2.45) is 5.92 Å². The van der Waals surface area contributed by atoms with E-state index in [4.69, 9.17) is 0 Å². The molecule has 0 unspecified atom stereocenters. The lowest BCUT2D eigenvalue weighted by Crippen LogP contribution is -2.67. The van der Waals surface area contributed by atoms with Crippen LogP contribution in [0.5, 0.6) is 0 Å². The quantitative estimate of drug-likeness (QED) is 0.471. The second-order valence-corrected chi connectivity index (χ2v) is 9.10. The third-order valence-corrected chi connectivity index (χ3v) is 6.31. The van der Waals surface area contributed by atoms with Gasteiger partial charge in [-0.2, -0.15) is 0 Å². The molecule has 35 heavy (non-hydrogen) atoms. The van der Waals surface area contributed by atoms with Crippen molar-refractivity contribution >= 4 is 17.3 Å². The number of hydrogen-bond acceptors (Lipinski definition) is 5. The first-order valence-corrected chi connectivity index (χ1v) is 12.2. The number of piperidine rings is 1. The number of amides is 1. The summed E-state index contributed by atoms with van der Waals surface area (Å²) in [6, 6.07) is 6.32. The minimum Gasteiger partial charge on any atom is -0.385 e. The number of β-amino-alcohol motifs (C(OH)–C–C–N with tert-alkyl or cyclic N) is 1. The molecule has 2 aromatic carbocycles. The lowest BCUT2D eigenvalue weighted by molar-refractivity contribution is -0.0788. The Labute approximate surface area is 204 Å². The molecule has 1 amide bonds. The monoisotopic (exact) mass is 492 g/mol. The number of likely N-dealkylation sites (tertiary alicyclic amines) is 1. The van der Waals surface area contributed by atoms with E-state index in [2.05, 4.69) is 16.0 Å². The number of nitrogens with zero attached hydrogens (tertiary/aromatic N) is 1. The highest BCUT2D eigenvalue weighted by atomic mass is 19.2. The Morgan fingerprint density at radius 3 is 2.46 bits per heavy atom. The highest BCUT2D eigenvalue weighted by Gasteiger charge is 2.44. The number of halogens is 3. The largest absolute Gasteiger partial charge is 0.385 e. The molecule has 0 saturated carbocycles. The Morgan fingerprint density at radius 1 is 1.11 bits per heavy atom. The molecule has 2 aliphatic rings. The zero-order valence-corrected chi connectivity index (χ0v) is 20.6. The molecule has 0 bridgehead atoms. The molecule has 4 N–H and O–H groups in total. The molecular weight excluding hydrogens is 457 g/mol. The minimum absolute atomic E-state index is 0.0682. The van der Waals surface area contributed by atoms with Crippen LogP contribution in [0.1, 0.15) is 42.6 Å². The molecule has 0 spiro atoms. The van der Waals surface area contributed by atoms with Gasteiger partial charge in [-0.3, -0.25) is 4.79 Å². The zero-order chi connectivity index (χ0) is 25.6. The van der Waals surface area contributed by atoms with Crippen LogP contribution in [0.3, 0.4) is 0 Å². The summed E-state index contributed by atoms with van der Waals surface area (Å²) < 4.78 is 42.8. The first-order chi connectivity index (χ1) is 16.8. The van der Waals surface area contributed by atoms with Crippen molar-refractivity contribution in [3.63, 3.8) is 0 Å². The number of benzene rings is 2. The minimum atomic E-state index is -1.26. The molecule has 0 radical (unpaired) electrons. The topological polar surface area (TPSA) is 76.6 Å². The van der Waals surface area contributed by atoms with Crippen molar-refractivity contribution in [2.75, 3.05) is 44.6 Å². The van der Waals surface area contributed by atoms with Gasteiger partial charge in [-0.05, 0) is 75.1 Å². The Bertz CT molecular complexity index is 1020. The van der Waals surface area contributed by atoms with E-state index in [0.717, 1.165) is 38.5 Å². The van der Waals surface area contributed by atoms with Crippen molar-refractivity contribution in [1.29, 1.82) is 0 Å². The molecule has 0 aromatic heterocycles. The van der Waals surface area contributed by atoms with Gasteiger partial charge < -0.3 is 26.0 Å². The summed E-state index contributed by atoms with van der Waals surface area (Å²) >= 11 is 0. The van der Waals surface area contributed by atoms with Gasteiger partial charge in [0.25, 0.3) is 5.91 Å². The highest BCUT2D eigenvalue weighted by Crippen LogP contribution is 2.31. The fourth-order valence-electron chi connectivity index (χ4n) is 4.39. The van der Waals surface area contributed by atoms with Crippen LogP contribution in [0.2, 0.25) is 0 Å². The van der Waals surface area contributed by atoms with Gasteiger partial charge >= 0.3 is 0 Å². The predicted molar refractivity (Wildman–Crippen MR) is 131 cm³/mol. The summed E-state index contributed by atoms with van der Waals surface area (Å²) in [5, 5.41) is 19.8. The van der Waals surface area contributed by atoms with Gasteiger partial charge in [0.2, 0.25) is 0 Å². The van der Waals surface area contributed by atoms with Gasteiger partial charge in [0, 0.05) is 6.54 Å². The second kappa shape index (κ2) is 11.9. The highest BCUT2D eigenvalue weighted by molar-refractivity contribution is 6.01. The Hall–Kier alpha value is -2.62. The Balaban J connectivity index is 0.00000167. The van der Waals surface area contributed by atoms with Crippen molar-refractivity contribution in [1.82, 2.24) is 15.5 Å². The lowest BCUT2D eigenvalue weighted by atomic mass is 9.92. The average Bonchev–Trinajstić information content (AvgIpc) is 2.83. The smallest absolute Gasteiger partial charge is 0.256 e. The van der Waals surface area contributed by atoms with Gasteiger partial charge in [-0.1, -0.05) is 19.9 Å². The van der Waals surface area contributed by atoms with Crippen LogP contribution < -0.4 is 16.0 Å². The summed E-state index contributed by atoms with van der Waals surface area (Å²) in [6.45, 7) is 8.99. The molecule has 9 heteroatoms. The maximum absolute atomic E-state index is 14.6. The van der Waals surface area contributed by atoms with Crippen molar-refractivity contribution in [3.8, 4) is 0 Å². The van der Waals surface area contributed by atoms with E-state index in [9.17, 15) is 23.1 Å². The molecule has 2 heterocycles. The zero-order valence-electron chi connectivity index (χ0n) is 20.6. The van der Waals surface area contributed by atoms with Crippen molar-refractivity contribution in [3.05, 3.63) is 58.9 Å². The number of anilines is 2. The molecule has 2 saturated heterocycles. The first-order valence-electron chi connectivity index (χ1n) is 12.2. The van der Waals surface area contributed by atoms with E-state index < -0.39 is 34.6 Å². The number of aliphatic hydroxyl groups is 1. The Morgan fingerprint density at radius 2 is 1.80 bits per heavy atom. The molecule has 0 aliphatic carbocycles. The number of rotatable bonds is 7. The average molecular weight is 493 g/mol. The molecule has 2 fully saturated rings. The molecule has 192 valence electrons. The molecule has 2 aliphatic heterocycles. The van der Waals surface area contributed by atoms with Crippen LogP contribution in [-0.2, 0) is 0 Å². The summed E-state index contributed by atoms with van der Waals surface area (Å²) in [5.74, 6) is -3.06. The van der Waals surface area contributed by atoms with Crippen LogP contribution >= 0.6 is 0 Å². The van der Waals surface area contributed by atoms with Crippen LogP contribution in [-0.4, -0.2) is 60.8 Å².